The molecule has 3 aromatic rings. The van der Waals surface area contributed by atoms with Crippen LogP contribution >= 0.6 is 11.6 Å². The summed E-state index contributed by atoms with van der Waals surface area (Å²) in [6.07, 6.45) is 0.560. The minimum Gasteiger partial charge on any atom is -0.253 e. The Bertz CT molecular complexity index is 851. The lowest BCUT2D eigenvalue weighted by Gasteiger charge is -2.11. The first-order valence-electron chi connectivity index (χ1n) is 7.02. The molecule has 0 aliphatic heterocycles. The Morgan fingerprint density at radius 1 is 1.00 bits per heavy atom. The quantitative estimate of drug-likeness (QED) is 0.745. The Balaban J connectivity index is 2.11. The Morgan fingerprint density at radius 3 is 2.18 bits per heavy atom. The van der Waals surface area contributed by atoms with Gasteiger partial charge in [0.2, 0.25) is 0 Å². The van der Waals surface area contributed by atoms with Gasteiger partial charge < -0.3 is 0 Å². The molecule has 0 spiro atoms. The zero-order chi connectivity index (χ0) is 15.9. The van der Waals surface area contributed by atoms with Crippen LogP contribution in [0.5, 0.6) is 0 Å². The molecule has 0 aliphatic carbocycles. The van der Waals surface area contributed by atoms with Crippen LogP contribution in [0.4, 0.5) is 0 Å². The molecular formula is C16H17ClN4O. The van der Waals surface area contributed by atoms with E-state index in [1.165, 1.54) is 4.68 Å². The fourth-order valence-electron chi connectivity index (χ4n) is 2.58. The molecule has 114 valence electrons. The molecule has 0 saturated carbocycles. The zero-order valence-electron chi connectivity index (χ0n) is 12.7. The molecule has 0 saturated heterocycles. The Kier molecular flexibility index (Phi) is 3.66. The molecule has 2 aromatic heterocycles. The van der Waals surface area contributed by atoms with Crippen molar-refractivity contribution in [3.63, 3.8) is 0 Å². The summed E-state index contributed by atoms with van der Waals surface area (Å²) in [5.74, 6) is 0.692. The van der Waals surface area contributed by atoms with E-state index in [2.05, 4.69) is 5.10 Å². The third kappa shape index (κ3) is 2.48. The van der Waals surface area contributed by atoms with Crippen molar-refractivity contribution in [2.45, 2.75) is 20.3 Å². The van der Waals surface area contributed by atoms with E-state index in [1.54, 1.807) is 11.7 Å². The predicted octanol–water partition coefficient (Wildman–Crippen LogP) is 2.56. The molecule has 0 N–H and O–H groups in total. The SMILES string of the molecule is Cc1ccc(C)n1-n1c(Cc2ccc(Cl)cc2)nn(C)c1=O. The summed E-state index contributed by atoms with van der Waals surface area (Å²) in [7, 11) is 1.67. The minimum absolute atomic E-state index is 0.161. The van der Waals surface area contributed by atoms with Gasteiger partial charge in [-0.25, -0.2) is 9.48 Å². The van der Waals surface area contributed by atoms with Gasteiger partial charge in [-0.2, -0.15) is 9.77 Å². The smallest absolute Gasteiger partial charge is 0.253 e. The predicted molar refractivity (Wildman–Crippen MR) is 86.4 cm³/mol. The monoisotopic (exact) mass is 316 g/mol. The second-order valence-electron chi connectivity index (χ2n) is 5.37. The van der Waals surface area contributed by atoms with Crippen LogP contribution in [0, 0.1) is 13.8 Å². The Morgan fingerprint density at radius 2 is 1.59 bits per heavy atom. The van der Waals surface area contributed by atoms with E-state index in [-0.39, 0.29) is 5.69 Å². The number of rotatable bonds is 3. The number of hydrogen-bond donors (Lipinski definition) is 0. The lowest BCUT2D eigenvalue weighted by molar-refractivity contribution is 0.568. The molecule has 3 rings (SSSR count). The van der Waals surface area contributed by atoms with Gasteiger partial charge >= 0.3 is 5.69 Å². The van der Waals surface area contributed by atoms with Crippen molar-refractivity contribution >= 4 is 11.6 Å². The lowest BCUT2D eigenvalue weighted by Crippen LogP contribution is -2.30. The van der Waals surface area contributed by atoms with E-state index in [1.807, 2.05) is 54.9 Å². The van der Waals surface area contributed by atoms with Crippen LogP contribution in [0.15, 0.2) is 41.2 Å². The molecule has 0 bridgehead atoms. The number of benzene rings is 1. The van der Waals surface area contributed by atoms with Crippen molar-refractivity contribution in [1.29, 1.82) is 0 Å². The topological polar surface area (TPSA) is 44.8 Å². The van der Waals surface area contributed by atoms with E-state index < -0.39 is 0 Å². The molecule has 0 atom stereocenters. The number of halogens is 1. The van der Waals surface area contributed by atoms with Crippen LogP contribution in [0.3, 0.4) is 0 Å². The van der Waals surface area contributed by atoms with Gasteiger partial charge in [0.15, 0.2) is 5.82 Å². The van der Waals surface area contributed by atoms with Gasteiger partial charge in [-0.05, 0) is 43.7 Å². The van der Waals surface area contributed by atoms with E-state index in [4.69, 9.17) is 11.6 Å². The highest BCUT2D eigenvalue weighted by Gasteiger charge is 2.16. The Hall–Kier alpha value is -2.27. The highest BCUT2D eigenvalue weighted by Crippen LogP contribution is 2.14. The average Bonchev–Trinajstić information content (AvgIpc) is 2.94. The van der Waals surface area contributed by atoms with E-state index in [9.17, 15) is 4.79 Å². The standard InChI is InChI=1S/C16H17ClN4O/c1-11-4-5-12(2)20(11)21-15(18-19(3)16(21)22)10-13-6-8-14(17)9-7-13/h4-9H,10H2,1-3H3. The molecule has 0 aliphatic rings. The van der Waals surface area contributed by atoms with Crippen LogP contribution in [-0.4, -0.2) is 19.1 Å². The van der Waals surface area contributed by atoms with Crippen LogP contribution in [0.25, 0.3) is 0 Å². The van der Waals surface area contributed by atoms with E-state index >= 15 is 0 Å². The molecule has 22 heavy (non-hydrogen) atoms. The second-order valence-corrected chi connectivity index (χ2v) is 5.80. The zero-order valence-corrected chi connectivity index (χ0v) is 13.5. The molecule has 0 fully saturated rings. The first-order chi connectivity index (χ1) is 10.5. The van der Waals surface area contributed by atoms with Crippen LogP contribution in [-0.2, 0) is 13.5 Å². The van der Waals surface area contributed by atoms with Gasteiger partial charge in [0.05, 0.1) is 0 Å². The van der Waals surface area contributed by atoms with Crippen molar-refractivity contribution < 1.29 is 0 Å². The van der Waals surface area contributed by atoms with Gasteiger partial charge in [-0.15, -0.1) is 0 Å². The molecule has 5 nitrogen and oxygen atoms in total. The molecule has 2 heterocycles. The maximum absolute atomic E-state index is 12.5. The summed E-state index contributed by atoms with van der Waals surface area (Å²) in [6, 6.07) is 11.5. The van der Waals surface area contributed by atoms with Crippen molar-refractivity contribution in [1.82, 2.24) is 19.1 Å². The number of aryl methyl sites for hydroxylation is 3. The van der Waals surface area contributed by atoms with Gasteiger partial charge in [-0.3, -0.25) is 4.68 Å². The highest BCUT2D eigenvalue weighted by molar-refractivity contribution is 6.30. The van der Waals surface area contributed by atoms with Crippen LogP contribution in [0.2, 0.25) is 5.02 Å². The van der Waals surface area contributed by atoms with Gasteiger partial charge in [-0.1, -0.05) is 23.7 Å². The highest BCUT2D eigenvalue weighted by atomic mass is 35.5. The van der Waals surface area contributed by atoms with E-state index in [0.717, 1.165) is 17.0 Å². The average molecular weight is 317 g/mol. The Labute approximate surface area is 133 Å². The fourth-order valence-corrected chi connectivity index (χ4v) is 2.70. The van der Waals surface area contributed by atoms with Gasteiger partial charge in [0.1, 0.15) is 0 Å². The summed E-state index contributed by atoms with van der Waals surface area (Å²) in [6.45, 7) is 3.94. The molecule has 6 heteroatoms. The minimum atomic E-state index is -0.161. The molecule has 1 aromatic carbocycles. The molecule has 0 amide bonds. The lowest BCUT2D eigenvalue weighted by atomic mass is 10.1. The first kappa shape index (κ1) is 14.7. The maximum atomic E-state index is 12.5. The normalized spacial score (nSPS) is 11.1. The van der Waals surface area contributed by atoms with Crippen molar-refractivity contribution in [3.05, 3.63) is 74.7 Å². The van der Waals surface area contributed by atoms with E-state index in [0.29, 0.717) is 17.3 Å². The number of nitrogens with zero attached hydrogens (tertiary/aromatic N) is 4. The summed E-state index contributed by atoms with van der Waals surface area (Å²) in [5, 5.41) is 5.07. The van der Waals surface area contributed by atoms with Crippen LogP contribution < -0.4 is 5.69 Å². The van der Waals surface area contributed by atoms with Crippen molar-refractivity contribution in [2.75, 3.05) is 0 Å². The summed E-state index contributed by atoms with van der Waals surface area (Å²) < 4.78 is 4.88. The largest absolute Gasteiger partial charge is 0.365 e. The summed E-state index contributed by atoms with van der Waals surface area (Å²) in [5.41, 5.74) is 2.87. The van der Waals surface area contributed by atoms with Gasteiger partial charge in [0.25, 0.3) is 0 Å². The fraction of sp³-hybridized carbons (Fsp3) is 0.250. The molecule has 0 unspecified atom stereocenters. The number of aromatic nitrogens is 4. The second kappa shape index (κ2) is 5.50. The molecule has 0 radical (unpaired) electrons. The number of hydrogen-bond acceptors (Lipinski definition) is 2. The van der Waals surface area contributed by atoms with Crippen molar-refractivity contribution in [2.24, 2.45) is 7.05 Å². The van der Waals surface area contributed by atoms with Crippen molar-refractivity contribution in [3.8, 4) is 0 Å². The maximum Gasteiger partial charge on any atom is 0.365 e. The summed E-state index contributed by atoms with van der Waals surface area (Å²) >= 11 is 5.92. The van der Waals surface area contributed by atoms with Crippen LogP contribution in [0.1, 0.15) is 22.8 Å². The van der Waals surface area contributed by atoms with Gasteiger partial charge in [0, 0.05) is 29.9 Å². The third-order valence-electron chi connectivity index (χ3n) is 3.68. The summed E-state index contributed by atoms with van der Waals surface area (Å²) in [4.78, 5) is 12.5. The third-order valence-corrected chi connectivity index (χ3v) is 3.93. The first-order valence-corrected chi connectivity index (χ1v) is 7.40. The molecular weight excluding hydrogens is 300 g/mol.